The minimum Gasteiger partial charge on any atom is -0.384 e. The van der Waals surface area contributed by atoms with Gasteiger partial charge in [0.1, 0.15) is 5.92 Å². The number of ether oxygens (including phenoxy) is 1. The van der Waals surface area contributed by atoms with Crippen molar-refractivity contribution in [3.8, 4) is 6.07 Å². The zero-order chi connectivity index (χ0) is 14.5. The maximum absolute atomic E-state index is 12.6. The maximum atomic E-state index is 12.6. The Labute approximate surface area is 108 Å². The number of Topliss-reactive ketones (excluding diaryl/α,β-unsaturated/α-hetero) is 1. The highest BCUT2D eigenvalue weighted by molar-refractivity contribution is 5.88. The Morgan fingerprint density at radius 1 is 1.47 bits per heavy atom. The van der Waals surface area contributed by atoms with Gasteiger partial charge in [-0.05, 0) is 11.6 Å². The average molecular weight is 271 g/mol. The van der Waals surface area contributed by atoms with Crippen molar-refractivity contribution in [1.82, 2.24) is 0 Å². The van der Waals surface area contributed by atoms with Gasteiger partial charge in [-0.2, -0.15) is 18.4 Å². The van der Waals surface area contributed by atoms with E-state index in [0.717, 1.165) is 12.1 Å². The SMILES string of the molecule is COCCC(=O)C(C#N)c1cccc(C(F)(F)F)c1. The van der Waals surface area contributed by atoms with Crippen LogP contribution in [0.2, 0.25) is 0 Å². The molecule has 19 heavy (non-hydrogen) atoms. The van der Waals surface area contributed by atoms with Crippen molar-refractivity contribution in [3.05, 3.63) is 35.4 Å². The first-order chi connectivity index (χ1) is 8.90. The molecule has 1 unspecified atom stereocenters. The molecule has 0 saturated carbocycles. The Morgan fingerprint density at radius 2 is 2.16 bits per heavy atom. The molecule has 0 spiro atoms. The molecule has 0 aromatic heterocycles. The highest BCUT2D eigenvalue weighted by Gasteiger charge is 2.31. The highest BCUT2D eigenvalue weighted by Crippen LogP contribution is 2.31. The number of ketones is 1. The summed E-state index contributed by atoms with van der Waals surface area (Å²) in [6.07, 6.45) is -4.50. The topological polar surface area (TPSA) is 50.1 Å². The summed E-state index contributed by atoms with van der Waals surface area (Å²) in [6, 6.07) is 5.99. The molecule has 0 bridgehead atoms. The van der Waals surface area contributed by atoms with Crippen molar-refractivity contribution < 1.29 is 22.7 Å². The number of carbonyl (C=O) groups excluding carboxylic acids is 1. The molecule has 1 aromatic rings. The molecule has 0 aliphatic rings. The molecular weight excluding hydrogens is 259 g/mol. The molecule has 0 radical (unpaired) electrons. The monoisotopic (exact) mass is 271 g/mol. The number of hydrogen-bond acceptors (Lipinski definition) is 3. The van der Waals surface area contributed by atoms with Crippen LogP contribution in [0.1, 0.15) is 23.5 Å². The second-order valence-corrected chi connectivity index (χ2v) is 3.89. The van der Waals surface area contributed by atoms with Gasteiger partial charge in [-0.1, -0.05) is 18.2 Å². The quantitative estimate of drug-likeness (QED) is 0.827. The molecule has 0 aliphatic heterocycles. The first-order valence-electron chi connectivity index (χ1n) is 5.48. The summed E-state index contributed by atoms with van der Waals surface area (Å²) in [7, 11) is 1.40. The Morgan fingerprint density at radius 3 is 2.68 bits per heavy atom. The summed E-state index contributed by atoms with van der Waals surface area (Å²) in [5.74, 6) is -1.65. The number of carbonyl (C=O) groups is 1. The fourth-order valence-electron chi connectivity index (χ4n) is 1.57. The lowest BCUT2D eigenvalue weighted by molar-refractivity contribution is -0.137. The van der Waals surface area contributed by atoms with Gasteiger partial charge < -0.3 is 4.74 Å². The third-order valence-corrected chi connectivity index (χ3v) is 2.55. The van der Waals surface area contributed by atoms with Crippen molar-refractivity contribution in [2.75, 3.05) is 13.7 Å². The third-order valence-electron chi connectivity index (χ3n) is 2.55. The average Bonchev–Trinajstić information content (AvgIpc) is 2.36. The number of hydrogen-bond donors (Lipinski definition) is 0. The number of alkyl halides is 3. The van der Waals surface area contributed by atoms with Crippen LogP contribution in [-0.2, 0) is 15.7 Å². The molecule has 6 heteroatoms. The van der Waals surface area contributed by atoms with Gasteiger partial charge in [-0.25, -0.2) is 0 Å². The Kier molecular flexibility index (Phi) is 5.07. The molecule has 1 aromatic carbocycles. The number of methoxy groups -OCH3 is 1. The molecule has 102 valence electrons. The second-order valence-electron chi connectivity index (χ2n) is 3.89. The van der Waals surface area contributed by atoms with Crippen LogP contribution in [-0.4, -0.2) is 19.5 Å². The summed E-state index contributed by atoms with van der Waals surface area (Å²) in [6.45, 7) is 0.135. The highest BCUT2D eigenvalue weighted by atomic mass is 19.4. The van der Waals surface area contributed by atoms with Crippen molar-refractivity contribution >= 4 is 5.78 Å². The Hall–Kier alpha value is -1.87. The van der Waals surface area contributed by atoms with Crippen LogP contribution in [0.4, 0.5) is 13.2 Å². The lowest BCUT2D eigenvalue weighted by Crippen LogP contribution is -2.14. The van der Waals surface area contributed by atoms with E-state index < -0.39 is 23.4 Å². The van der Waals surface area contributed by atoms with Gasteiger partial charge >= 0.3 is 6.18 Å². The minimum absolute atomic E-state index is 0.00896. The summed E-state index contributed by atoms with van der Waals surface area (Å²) >= 11 is 0. The van der Waals surface area contributed by atoms with Crippen molar-refractivity contribution in [1.29, 1.82) is 5.26 Å². The van der Waals surface area contributed by atoms with Crippen LogP contribution >= 0.6 is 0 Å². The number of nitrogens with zero attached hydrogens (tertiary/aromatic N) is 1. The summed E-state index contributed by atoms with van der Waals surface area (Å²) in [4.78, 5) is 11.7. The third kappa shape index (κ3) is 4.07. The van der Waals surface area contributed by atoms with Gasteiger partial charge in [-0.15, -0.1) is 0 Å². The van der Waals surface area contributed by atoms with E-state index >= 15 is 0 Å². The van der Waals surface area contributed by atoms with E-state index in [-0.39, 0.29) is 18.6 Å². The van der Waals surface area contributed by atoms with Crippen molar-refractivity contribution in [3.63, 3.8) is 0 Å². The van der Waals surface area contributed by atoms with E-state index in [9.17, 15) is 18.0 Å². The van der Waals surface area contributed by atoms with Gasteiger partial charge in [0.25, 0.3) is 0 Å². The maximum Gasteiger partial charge on any atom is 0.416 e. The number of nitriles is 1. The largest absolute Gasteiger partial charge is 0.416 e. The van der Waals surface area contributed by atoms with E-state index in [0.29, 0.717) is 0 Å². The molecule has 0 fully saturated rings. The summed E-state index contributed by atoms with van der Waals surface area (Å²) in [5, 5.41) is 8.95. The summed E-state index contributed by atoms with van der Waals surface area (Å²) in [5.41, 5.74) is -0.816. The fraction of sp³-hybridized carbons (Fsp3) is 0.385. The molecule has 0 N–H and O–H groups in total. The molecule has 1 atom stereocenters. The lowest BCUT2D eigenvalue weighted by Gasteiger charge is -2.11. The Balaban J connectivity index is 3.00. The van der Waals surface area contributed by atoms with E-state index in [1.165, 1.54) is 19.2 Å². The standard InChI is InChI=1S/C13H12F3NO2/c1-19-6-5-12(18)11(8-17)9-3-2-4-10(7-9)13(14,15)16/h2-4,7,11H,5-6H2,1H3. The second kappa shape index (κ2) is 6.34. The van der Waals surface area contributed by atoms with E-state index in [2.05, 4.69) is 0 Å². The zero-order valence-corrected chi connectivity index (χ0v) is 10.2. The van der Waals surface area contributed by atoms with Crippen LogP contribution in [0.3, 0.4) is 0 Å². The molecular formula is C13H12F3NO2. The van der Waals surface area contributed by atoms with E-state index in [1.807, 2.05) is 0 Å². The smallest absolute Gasteiger partial charge is 0.384 e. The molecule has 0 amide bonds. The zero-order valence-electron chi connectivity index (χ0n) is 10.2. The van der Waals surface area contributed by atoms with E-state index in [1.54, 1.807) is 6.07 Å². The summed E-state index contributed by atoms with van der Waals surface area (Å²) < 4.78 is 42.4. The van der Waals surface area contributed by atoms with Crippen LogP contribution in [0, 0.1) is 11.3 Å². The molecule has 0 heterocycles. The molecule has 0 aliphatic carbocycles. The van der Waals surface area contributed by atoms with Gasteiger partial charge in [0.2, 0.25) is 0 Å². The van der Waals surface area contributed by atoms with Crippen LogP contribution in [0.25, 0.3) is 0 Å². The predicted octanol–water partition coefficient (Wildman–Crippen LogP) is 2.92. The van der Waals surface area contributed by atoms with Gasteiger partial charge in [-0.3, -0.25) is 4.79 Å². The fourth-order valence-corrected chi connectivity index (χ4v) is 1.57. The first kappa shape index (κ1) is 15.2. The first-order valence-corrected chi connectivity index (χ1v) is 5.48. The van der Waals surface area contributed by atoms with Crippen LogP contribution in [0.5, 0.6) is 0 Å². The predicted molar refractivity (Wildman–Crippen MR) is 61.3 cm³/mol. The number of rotatable bonds is 5. The molecule has 0 saturated heterocycles. The van der Waals surface area contributed by atoms with Gasteiger partial charge in [0, 0.05) is 13.5 Å². The van der Waals surface area contributed by atoms with Gasteiger partial charge in [0.05, 0.1) is 18.2 Å². The molecule has 3 nitrogen and oxygen atoms in total. The van der Waals surface area contributed by atoms with Crippen LogP contribution in [0.15, 0.2) is 24.3 Å². The Bertz CT molecular complexity index is 491. The van der Waals surface area contributed by atoms with Crippen LogP contribution < -0.4 is 0 Å². The van der Waals surface area contributed by atoms with Crippen molar-refractivity contribution in [2.24, 2.45) is 0 Å². The number of halogens is 3. The minimum atomic E-state index is -4.49. The molecule has 1 rings (SSSR count). The lowest BCUT2D eigenvalue weighted by atomic mass is 9.93. The van der Waals surface area contributed by atoms with E-state index in [4.69, 9.17) is 10.00 Å². The number of benzene rings is 1. The van der Waals surface area contributed by atoms with Gasteiger partial charge in [0.15, 0.2) is 5.78 Å². The normalized spacial score (nSPS) is 12.8. The van der Waals surface area contributed by atoms with Crippen molar-refractivity contribution in [2.45, 2.75) is 18.5 Å².